The Morgan fingerprint density at radius 1 is 1.64 bits per heavy atom. The maximum Gasteiger partial charge on any atom is 0.323 e. The molecule has 1 heterocycles. The van der Waals surface area contributed by atoms with Gasteiger partial charge < -0.3 is 9.52 Å². The number of likely N-dealkylation sites (N-methyl/N-ethyl adjacent to an activating group) is 1. The summed E-state index contributed by atoms with van der Waals surface area (Å²) in [5.74, 6) is -0.0756. The average Bonchev–Trinajstić information content (AvgIpc) is 2.56. The Bertz CT molecular complexity index is 303. The molecule has 4 nitrogen and oxygen atoms in total. The van der Waals surface area contributed by atoms with Crippen molar-refractivity contribution in [1.29, 1.82) is 0 Å². The van der Waals surface area contributed by atoms with Crippen molar-refractivity contribution in [2.75, 3.05) is 7.05 Å². The van der Waals surface area contributed by atoms with Crippen LogP contribution in [-0.2, 0) is 11.3 Å². The van der Waals surface area contributed by atoms with Crippen LogP contribution in [0.1, 0.15) is 19.6 Å². The molecule has 0 saturated carbocycles. The van der Waals surface area contributed by atoms with Gasteiger partial charge in [0, 0.05) is 0 Å². The molecule has 0 unspecified atom stereocenters. The summed E-state index contributed by atoms with van der Waals surface area (Å²) in [4.78, 5) is 12.6. The number of hydrogen-bond acceptors (Lipinski definition) is 3. The van der Waals surface area contributed by atoms with E-state index in [1.54, 1.807) is 38.1 Å². The van der Waals surface area contributed by atoms with E-state index in [1.807, 2.05) is 6.07 Å². The van der Waals surface area contributed by atoms with E-state index in [2.05, 4.69) is 0 Å². The summed E-state index contributed by atoms with van der Waals surface area (Å²) >= 11 is 0. The average molecular weight is 197 g/mol. The van der Waals surface area contributed by atoms with E-state index in [1.165, 1.54) is 0 Å². The van der Waals surface area contributed by atoms with Gasteiger partial charge in [-0.1, -0.05) is 0 Å². The van der Waals surface area contributed by atoms with Gasteiger partial charge in [0.2, 0.25) is 0 Å². The molecular formula is C10H15NO3. The Labute approximate surface area is 83.1 Å². The molecule has 0 radical (unpaired) electrons. The highest BCUT2D eigenvalue weighted by atomic mass is 16.4. The van der Waals surface area contributed by atoms with Crippen molar-refractivity contribution in [3.63, 3.8) is 0 Å². The Morgan fingerprint density at radius 2 is 2.29 bits per heavy atom. The second-order valence-corrected chi connectivity index (χ2v) is 3.80. The van der Waals surface area contributed by atoms with E-state index < -0.39 is 11.5 Å². The maximum atomic E-state index is 10.9. The molecule has 0 spiro atoms. The molecule has 1 aromatic heterocycles. The van der Waals surface area contributed by atoms with Crippen LogP contribution in [0.3, 0.4) is 0 Å². The van der Waals surface area contributed by atoms with Crippen LogP contribution < -0.4 is 0 Å². The second kappa shape index (κ2) is 3.84. The van der Waals surface area contributed by atoms with Crippen molar-refractivity contribution in [2.24, 2.45) is 0 Å². The smallest absolute Gasteiger partial charge is 0.323 e. The minimum absolute atomic E-state index is 0.492. The van der Waals surface area contributed by atoms with E-state index in [0.29, 0.717) is 6.54 Å². The molecule has 0 aromatic carbocycles. The molecule has 14 heavy (non-hydrogen) atoms. The Kier molecular flexibility index (Phi) is 2.96. The van der Waals surface area contributed by atoms with Crippen LogP contribution in [0.25, 0.3) is 0 Å². The number of carbonyl (C=O) groups is 1. The van der Waals surface area contributed by atoms with E-state index in [9.17, 15) is 4.79 Å². The topological polar surface area (TPSA) is 53.7 Å². The summed E-state index contributed by atoms with van der Waals surface area (Å²) in [5.41, 5.74) is -0.882. The lowest BCUT2D eigenvalue weighted by Crippen LogP contribution is -2.47. The molecule has 1 aromatic rings. The monoisotopic (exact) mass is 197 g/mol. The highest BCUT2D eigenvalue weighted by molar-refractivity contribution is 5.77. The van der Waals surface area contributed by atoms with Gasteiger partial charge in [-0.15, -0.1) is 0 Å². The zero-order valence-electron chi connectivity index (χ0n) is 8.65. The van der Waals surface area contributed by atoms with Gasteiger partial charge in [0.15, 0.2) is 0 Å². The first-order valence-electron chi connectivity index (χ1n) is 4.41. The third kappa shape index (κ3) is 2.14. The van der Waals surface area contributed by atoms with Crippen LogP contribution in [-0.4, -0.2) is 28.6 Å². The second-order valence-electron chi connectivity index (χ2n) is 3.80. The van der Waals surface area contributed by atoms with Crippen LogP contribution in [0.5, 0.6) is 0 Å². The van der Waals surface area contributed by atoms with Gasteiger partial charge in [0.25, 0.3) is 0 Å². The molecule has 0 aliphatic rings. The summed E-state index contributed by atoms with van der Waals surface area (Å²) in [6.07, 6.45) is 1.58. The molecule has 1 rings (SSSR count). The van der Waals surface area contributed by atoms with E-state index in [-0.39, 0.29) is 0 Å². The number of carboxylic acids is 1. The van der Waals surface area contributed by atoms with Gasteiger partial charge in [-0.3, -0.25) is 9.69 Å². The minimum Gasteiger partial charge on any atom is -0.480 e. The molecule has 0 amide bonds. The largest absolute Gasteiger partial charge is 0.480 e. The molecule has 78 valence electrons. The predicted octanol–water partition coefficient (Wildman–Crippen LogP) is 1.57. The Balaban J connectivity index is 2.67. The quantitative estimate of drug-likeness (QED) is 0.796. The van der Waals surface area contributed by atoms with Gasteiger partial charge in [-0.05, 0) is 33.0 Å². The van der Waals surface area contributed by atoms with Gasteiger partial charge in [-0.25, -0.2) is 0 Å². The highest BCUT2D eigenvalue weighted by Crippen LogP contribution is 2.16. The lowest BCUT2D eigenvalue weighted by atomic mass is 10.0. The van der Waals surface area contributed by atoms with Crippen molar-refractivity contribution in [2.45, 2.75) is 25.9 Å². The standard InChI is InChI=1S/C10H15NO3/c1-10(2,9(12)13)11(3)7-8-5-4-6-14-8/h4-6H,7H2,1-3H3,(H,12,13). The van der Waals surface area contributed by atoms with Gasteiger partial charge in [0.05, 0.1) is 12.8 Å². The first-order chi connectivity index (χ1) is 6.44. The normalized spacial score (nSPS) is 12.0. The molecule has 0 aliphatic heterocycles. The van der Waals surface area contributed by atoms with Crippen molar-refractivity contribution in [3.8, 4) is 0 Å². The van der Waals surface area contributed by atoms with Crippen LogP contribution in [0.15, 0.2) is 22.8 Å². The SMILES string of the molecule is CN(Cc1ccco1)C(C)(C)C(=O)O. The van der Waals surface area contributed by atoms with Crippen LogP contribution >= 0.6 is 0 Å². The van der Waals surface area contributed by atoms with Gasteiger partial charge >= 0.3 is 5.97 Å². The van der Waals surface area contributed by atoms with Gasteiger partial charge in [0.1, 0.15) is 11.3 Å². The fraction of sp³-hybridized carbons (Fsp3) is 0.500. The third-order valence-electron chi connectivity index (χ3n) is 2.45. The number of furan rings is 1. The number of carboxylic acid groups (broad SMARTS) is 1. The molecule has 0 saturated heterocycles. The van der Waals surface area contributed by atoms with Crippen molar-refractivity contribution < 1.29 is 14.3 Å². The lowest BCUT2D eigenvalue weighted by molar-refractivity contribution is -0.148. The van der Waals surface area contributed by atoms with Crippen molar-refractivity contribution >= 4 is 5.97 Å². The Hall–Kier alpha value is -1.29. The number of nitrogens with zero attached hydrogens (tertiary/aromatic N) is 1. The minimum atomic E-state index is -0.882. The first-order valence-corrected chi connectivity index (χ1v) is 4.41. The molecule has 1 N–H and O–H groups in total. The fourth-order valence-electron chi connectivity index (χ4n) is 0.997. The molecule has 0 atom stereocenters. The highest BCUT2D eigenvalue weighted by Gasteiger charge is 2.32. The molecular weight excluding hydrogens is 182 g/mol. The first kappa shape index (κ1) is 10.8. The zero-order chi connectivity index (χ0) is 10.8. The predicted molar refractivity (Wildman–Crippen MR) is 51.9 cm³/mol. The zero-order valence-corrected chi connectivity index (χ0v) is 8.65. The number of hydrogen-bond donors (Lipinski definition) is 1. The van der Waals surface area contributed by atoms with Crippen LogP contribution in [0.4, 0.5) is 0 Å². The van der Waals surface area contributed by atoms with E-state index in [0.717, 1.165) is 5.76 Å². The summed E-state index contributed by atoms with van der Waals surface area (Å²) in [7, 11) is 1.76. The maximum absolute atomic E-state index is 10.9. The number of rotatable bonds is 4. The fourth-order valence-corrected chi connectivity index (χ4v) is 0.997. The summed E-state index contributed by atoms with van der Waals surface area (Å²) in [6.45, 7) is 3.82. The van der Waals surface area contributed by atoms with Crippen molar-refractivity contribution in [3.05, 3.63) is 24.2 Å². The van der Waals surface area contributed by atoms with E-state index >= 15 is 0 Å². The summed E-state index contributed by atoms with van der Waals surface area (Å²) < 4.78 is 5.14. The van der Waals surface area contributed by atoms with Crippen LogP contribution in [0, 0.1) is 0 Å². The van der Waals surface area contributed by atoms with E-state index in [4.69, 9.17) is 9.52 Å². The molecule has 0 fully saturated rings. The van der Waals surface area contributed by atoms with Gasteiger partial charge in [-0.2, -0.15) is 0 Å². The molecule has 0 bridgehead atoms. The lowest BCUT2D eigenvalue weighted by Gasteiger charge is -2.30. The molecule has 4 heteroatoms. The van der Waals surface area contributed by atoms with Crippen molar-refractivity contribution in [1.82, 2.24) is 4.90 Å². The Morgan fingerprint density at radius 3 is 2.71 bits per heavy atom. The molecule has 0 aliphatic carbocycles. The number of aliphatic carboxylic acids is 1. The third-order valence-corrected chi connectivity index (χ3v) is 2.45. The summed E-state index contributed by atoms with van der Waals surface area (Å²) in [6, 6.07) is 3.62. The summed E-state index contributed by atoms with van der Waals surface area (Å²) in [5, 5.41) is 8.97. The van der Waals surface area contributed by atoms with Crippen LogP contribution in [0.2, 0.25) is 0 Å².